The number of carbonyl (C=O) groups is 2. The van der Waals surface area contributed by atoms with Crippen LogP contribution in [0.15, 0.2) is 35.3 Å². The average molecular weight is 541 g/mol. The molecule has 0 aromatic heterocycles. The third-order valence-corrected chi connectivity index (χ3v) is 5.98. The van der Waals surface area contributed by atoms with E-state index in [-0.39, 0.29) is 48.3 Å². The van der Waals surface area contributed by atoms with E-state index in [2.05, 4.69) is 33.1 Å². The lowest BCUT2D eigenvalue weighted by Gasteiger charge is -2.23. The smallest absolute Gasteiger partial charge is 0.239 e. The van der Waals surface area contributed by atoms with Crippen molar-refractivity contribution in [3.8, 4) is 0 Å². The number of hydrogen-bond acceptors (Lipinski definition) is 3. The molecule has 1 saturated carbocycles. The molecule has 1 aliphatic carbocycles. The summed E-state index contributed by atoms with van der Waals surface area (Å²) in [5.74, 6) is 1.08. The number of rotatable bonds is 8. The molecular formula is C23H36IN5O2. The van der Waals surface area contributed by atoms with Crippen molar-refractivity contribution in [2.45, 2.75) is 51.0 Å². The van der Waals surface area contributed by atoms with Crippen LogP contribution < -0.4 is 16.0 Å². The fourth-order valence-corrected chi connectivity index (χ4v) is 4.27. The highest BCUT2D eigenvalue weighted by molar-refractivity contribution is 14.0. The van der Waals surface area contributed by atoms with Crippen LogP contribution in [0.4, 0.5) is 0 Å². The Morgan fingerprint density at radius 3 is 2.58 bits per heavy atom. The Bertz CT molecular complexity index is 722. The lowest BCUT2D eigenvalue weighted by molar-refractivity contribution is -0.127. The van der Waals surface area contributed by atoms with Gasteiger partial charge in [0.1, 0.15) is 0 Å². The van der Waals surface area contributed by atoms with Crippen LogP contribution in [0.3, 0.4) is 0 Å². The Hall–Kier alpha value is -1.84. The molecule has 1 aliphatic heterocycles. The molecule has 31 heavy (non-hydrogen) atoms. The van der Waals surface area contributed by atoms with Crippen molar-refractivity contribution in [1.29, 1.82) is 0 Å². The van der Waals surface area contributed by atoms with E-state index >= 15 is 0 Å². The van der Waals surface area contributed by atoms with Crippen molar-refractivity contribution in [2.75, 3.05) is 33.2 Å². The van der Waals surface area contributed by atoms with Crippen molar-refractivity contribution in [3.63, 3.8) is 0 Å². The van der Waals surface area contributed by atoms with Gasteiger partial charge in [-0.3, -0.25) is 14.6 Å². The van der Waals surface area contributed by atoms with Crippen LogP contribution in [0.25, 0.3) is 0 Å². The number of guanidine groups is 1. The van der Waals surface area contributed by atoms with E-state index < -0.39 is 0 Å². The highest BCUT2D eigenvalue weighted by Crippen LogP contribution is 2.18. The first-order valence-electron chi connectivity index (χ1n) is 11.2. The van der Waals surface area contributed by atoms with Crippen LogP contribution in [0.2, 0.25) is 0 Å². The summed E-state index contributed by atoms with van der Waals surface area (Å²) in [6.45, 7) is 2.39. The SMILES string of the molecule is CN=C(NCC(=O)NC1CCCCC1)NCC1CC(=O)N(CCc2ccccc2)C1.I. The minimum Gasteiger partial charge on any atom is -0.356 e. The lowest BCUT2D eigenvalue weighted by atomic mass is 9.95. The van der Waals surface area contributed by atoms with Crippen LogP contribution in [-0.2, 0) is 16.0 Å². The molecule has 2 fully saturated rings. The average Bonchev–Trinajstić information content (AvgIpc) is 3.13. The van der Waals surface area contributed by atoms with Gasteiger partial charge in [-0.05, 0) is 24.8 Å². The number of nitrogens with one attached hydrogen (secondary N) is 3. The molecule has 172 valence electrons. The number of hydrogen-bond donors (Lipinski definition) is 3. The fourth-order valence-electron chi connectivity index (χ4n) is 4.27. The molecular weight excluding hydrogens is 505 g/mol. The molecule has 1 atom stereocenters. The van der Waals surface area contributed by atoms with Gasteiger partial charge in [-0.15, -0.1) is 24.0 Å². The van der Waals surface area contributed by atoms with Gasteiger partial charge in [0, 0.05) is 45.1 Å². The standard InChI is InChI=1S/C23H35N5O2.HI/c1-24-23(26-16-21(29)27-20-10-6-3-7-11-20)25-15-19-14-22(30)28(17-19)13-12-18-8-4-2-5-9-18;/h2,4-5,8-9,19-20H,3,6-7,10-17H2,1H3,(H,27,29)(H2,24,25,26);1H. The minimum atomic E-state index is 0. The molecule has 7 nitrogen and oxygen atoms in total. The van der Waals surface area contributed by atoms with Crippen LogP contribution in [0, 0.1) is 5.92 Å². The van der Waals surface area contributed by atoms with Crippen molar-refractivity contribution >= 4 is 41.8 Å². The second-order valence-electron chi connectivity index (χ2n) is 8.35. The summed E-state index contributed by atoms with van der Waals surface area (Å²) in [6, 6.07) is 10.6. The topological polar surface area (TPSA) is 85.8 Å². The van der Waals surface area contributed by atoms with Crippen LogP contribution >= 0.6 is 24.0 Å². The van der Waals surface area contributed by atoms with E-state index in [9.17, 15) is 9.59 Å². The second-order valence-corrected chi connectivity index (χ2v) is 8.35. The van der Waals surface area contributed by atoms with E-state index in [1.807, 2.05) is 23.1 Å². The third-order valence-electron chi connectivity index (χ3n) is 5.98. The molecule has 3 N–H and O–H groups in total. The molecule has 1 heterocycles. The van der Waals surface area contributed by atoms with E-state index in [0.717, 1.165) is 32.4 Å². The molecule has 1 aromatic carbocycles. The lowest BCUT2D eigenvalue weighted by Crippen LogP contribution is -2.46. The number of nitrogens with zero attached hydrogens (tertiary/aromatic N) is 2. The summed E-state index contributed by atoms with van der Waals surface area (Å²) >= 11 is 0. The van der Waals surface area contributed by atoms with Crippen LogP contribution in [0.1, 0.15) is 44.1 Å². The summed E-state index contributed by atoms with van der Waals surface area (Å²) in [5, 5.41) is 9.44. The van der Waals surface area contributed by atoms with Gasteiger partial charge in [0.25, 0.3) is 0 Å². The van der Waals surface area contributed by atoms with Gasteiger partial charge < -0.3 is 20.9 Å². The molecule has 8 heteroatoms. The number of aliphatic imine (C=N–C) groups is 1. The molecule has 2 aliphatic rings. The van der Waals surface area contributed by atoms with E-state index in [1.54, 1.807) is 7.05 Å². The second kappa shape index (κ2) is 13.5. The Labute approximate surface area is 202 Å². The van der Waals surface area contributed by atoms with E-state index in [0.29, 0.717) is 25.0 Å². The monoisotopic (exact) mass is 541 g/mol. The highest BCUT2D eigenvalue weighted by atomic mass is 127. The van der Waals surface area contributed by atoms with Gasteiger partial charge in [-0.1, -0.05) is 49.6 Å². The molecule has 3 rings (SSSR count). The van der Waals surface area contributed by atoms with Crippen LogP contribution in [0.5, 0.6) is 0 Å². The van der Waals surface area contributed by atoms with Crippen molar-refractivity contribution in [1.82, 2.24) is 20.9 Å². The normalized spacial score (nSPS) is 19.6. The maximum atomic E-state index is 12.3. The Morgan fingerprint density at radius 1 is 1.13 bits per heavy atom. The number of carbonyl (C=O) groups excluding carboxylic acids is 2. The molecule has 2 amide bonds. The Kier molecular flexibility index (Phi) is 11.1. The van der Waals surface area contributed by atoms with E-state index in [1.165, 1.54) is 24.8 Å². The number of benzene rings is 1. The summed E-state index contributed by atoms with van der Waals surface area (Å²) in [6.07, 6.45) is 7.26. The Balaban J connectivity index is 0.00000341. The molecule has 0 bridgehead atoms. The van der Waals surface area contributed by atoms with Gasteiger partial charge in [0.05, 0.1) is 6.54 Å². The first-order valence-corrected chi connectivity index (χ1v) is 11.2. The van der Waals surface area contributed by atoms with Gasteiger partial charge >= 0.3 is 0 Å². The van der Waals surface area contributed by atoms with Crippen molar-refractivity contribution < 1.29 is 9.59 Å². The summed E-state index contributed by atoms with van der Waals surface area (Å²) in [5.41, 5.74) is 1.25. The summed E-state index contributed by atoms with van der Waals surface area (Å²) in [4.78, 5) is 30.6. The van der Waals surface area contributed by atoms with Gasteiger partial charge in [0.2, 0.25) is 11.8 Å². The summed E-state index contributed by atoms with van der Waals surface area (Å²) in [7, 11) is 1.69. The number of amides is 2. The zero-order valence-electron chi connectivity index (χ0n) is 18.4. The zero-order chi connectivity index (χ0) is 21.2. The molecule has 1 aromatic rings. The minimum absolute atomic E-state index is 0. The molecule has 0 spiro atoms. The van der Waals surface area contributed by atoms with Gasteiger partial charge in [-0.25, -0.2) is 0 Å². The largest absolute Gasteiger partial charge is 0.356 e. The zero-order valence-corrected chi connectivity index (χ0v) is 20.8. The highest BCUT2D eigenvalue weighted by Gasteiger charge is 2.29. The van der Waals surface area contributed by atoms with Crippen molar-refractivity contribution in [2.24, 2.45) is 10.9 Å². The molecule has 0 radical (unpaired) electrons. The first-order chi connectivity index (χ1) is 14.6. The maximum Gasteiger partial charge on any atom is 0.239 e. The van der Waals surface area contributed by atoms with E-state index in [4.69, 9.17) is 0 Å². The maximum absolute atomic E-state index is 12.3. The van der Waals surface area contributed by atoms with Gasteiger partial charge in [-0.2, -0.15) is 0 Å². The Morgan fingerprint density at radius 2 is 1.87 bits per heavy atom. The fraction of sp³-hybridized carbons (Fsp3) is 0.609. The van der Waals surface area contributed by atoms with Gasteiger partial charge in [0.15, 0.2) is 5.96 Å². The number of likely N-dealkylation sites (tertiary alicyclic amines) is 1. The predicted molar refractivity (Wildman–Crippen MR) is 135 cm³/mol. The predicted octanol–water partition coefficient (Wildman–Crippen LogP) is 2.31. The number of halogens is 1. The van der Waals surface area contributed by atoms with Crippen molar-refractivity contribution in [3.05, 3.63) is 35.9 Å². The van der Waals surface area contributed by atoms with Crippen LogP contribution in [-0.4, -0.2) is 61.9 Å². The third kappa shape index (κ3) is 8.66. The first kappa shape index (κ1) is 25.4. The molecule has 1 unspecified atom stereocenters. The quantitative estimate of drug-likeness (QED) is 0.268. The molecule has 1 saturated heterocycles. The summed E-state index contributed by atoms with van der Waals surface area (Å²) < 4.78 is 0.